The fourth-order valence-electron chi connectivity index (χ4n) is 1.12. The van der Waals surface area contributed by atoms with E-state index < -0.39 is 5.97 Å². The van der Waals surface area contributed by atoms with E-state index in [1.54, 1.807) is 0 Å². The lowest BCUT2D eigenvalue weighted by Gasteiger charge is -2.06. The predicted molar refractivity (Wildman–Crippen MR) is 53.9 cm³/mol. The standard InChI is InChI=1S/C10H13NO5/c1-7(12)3-2-4-10(15)16-11-8(13)5-6-9(11)14/h5-6,13-14H,2-4H2,1H3. The van der Waals surface area contributed by atoms with E-state index in [4.69, 9.17) is 10.2 Å². The maximum absolute atomic E-state index is 11.2. The summed E-state index contributed by atoms with van der Waals surface area (Å²) in [6, 6.07) is 2.39. The van der Waals surface area contributed by atoms with Crippen molar-refractivity contribution in [1.82, 2.24) is 4.73 Å². The van der Waals surface area contributed by atoms with Crippen molar-refractivity contribution in [2.24, 2.45) is 0 Å². The van der Waals surface area contributed by atoms with Gasteiger partial charge in [0.25, 0.3) is 0 Å². The summed E-state index contributed by atoms with van der Waals surface area (Å²) in [6.07, 6.45) is 0.742. The van der Waals surface area contributed by atoms with E-state index in [1.807, 2.05) is 0 Å². The minimum Gasteiger partial charge on any atom is -0.492 e. The molecule has 0 aliphatic carbocycles. The molecule has 1 aromatic rings. The van der Waals surface area contributed by atoms with Crippen LogP contribution in [-0.2, 0) is 9.59 Å². The second-order valence-corrected chi connectivity index (χ2v) is 3.36. The van der Waals surface area contributed by atoms with Gasteiger partial charge >= 0.3 is 5.97 Å². The zero-order valence-corrected chi connectivity index (χ0v) is 8.84. The van der Waals surface area contributed by atoms with Crippen molar-refractivity contribution in [2.75, 3.05) is 0 Å². The van der Waals surface area contributed by atoms with Gasteiger partial charge in [0.05, 0.1) is 0 Å². The predicted octanol–water partition coefficient (Wildman–Crippen LogP) is 0.614. The molecule has 6 heteroatoms. The van der Waals surface area contributed by atoms with Gasteiger partial charge in [0.2, 0.25) is 11.8 Å². The minimum absolute atomic E-state index is 0.000501. The van der Waals surface area contributed by atoms with E-state index in [0.29, 0.717) is 17.6 Å². The second kappa shape index (κ2) is 5.20. The Morgan fingerprint density at radius 2 is 1.81 bits per heavy atom. The topological polar surface area (TPSA) is 88.8 Å². The van der Waals surface area contributed by atoms with Gasteiger partial charge in [0.1, 0.15) is 5.78 Å². The molecule has 1 heterocycles. The molecule has 1 aromatic heterocycles. The molecule has 0 aliphatic heterocycles. The van der Waals surface area contributed by atoms with E-state index in [2.05, 4.69) is 4.84 Å². The highest BCUT2D eigenvalue weighted by atomic mass is 16.7. The van der Waals surface area contributed by atoms with Crippen molar-refractivity contribution in [3.8, 4) is 11.8 Å². The van der Waals surface area contributed by atoms with Gasteiger partial charge in [0, 0.05) is 25.0 Å². The van der Waals surface area contributed by atoms with Crippen LogP contribution >= 0.6 is 0 Å². The summed E-state index contributed by atoms with van der Waals surface area (Å²) in [5.41, 5.74) is 0. The highest BCUT2D eigenvalue weighted by Crippen LogP contribution is 2.18. The van der Waals surface area contributed by atoms with Gasteiger partial charge in [-0.25, -0.2) is 4.79 Å². The third-order valence-corrected chi connectivity index (χ3v) is 1.90. The fourth-order valence-corrected chi connectivity index (χ4v) is 1.12. The number of aromatic nitrogens is 1. The van der Waals surface area contributed by atoms with Gasteiger partial charge in [-0.2, -0.15) is 0 Å². The number of ketones is 1. The van der Waals surface area contributed by atoms with Crippen molar-refractivity contribution in [3.05, 3.63) is 12.1 Å². The summed E-state index contributed by atoms with van der Waals surface area (Å²) >= 11 is 0. The van der Waals surface area contributed by atoms with Gasteiger partial charge in [-0.05, 0) is 13.3 Å². The summed E-state index contributed by atoms with van der Waals surface area (Å²) < 4.78 is 0.621. The first-order valence-electron chi connectivity index (χ1n) is 4.81. The summed E-state index contributed by atoms with van der Waals surface area (Å²) in [6.45, 7) is 1.44. The molecular weight excluding hydrogens is 214 g/mol. The van der Waals surface area contributed by atoms with Crippen LogP contribution in [0.3, 0.4) is 0 Å². The molecule has 0 aliphatic rings. The van der Waals surface area contributed by atoms with E-state index >= 15 is 0 Å². The molecule has 88 valence electrons. The Bertz CT molecular complexity index is 376. The zero-order valence-electron chi connectivity index (χ0n) is 8.84. The van der Waals surface area contributed by atoms with Crippen molar-refractivity contribution in [2.45, 2.75) is 26.2 Å². The first kappa shape index (κ1) is 12.1. The van der Waals surface area contributed by atoms with Crippen LogP contribution in [-0.4, -0.2) is 26.7 Å². The molecule has 2 N–H and O–H groups in total. The Morgan fingerprint density at radius 3 is 2.31 bits per heavy atom. The summed E-state index contributed by atoms with van der Waals surface area (Å²) in [7, 11) is 0. The van der Waals surface area contributed by atoms with Crippen LogP contribution in [0, 0.1) is 0 Å². The molecule has 0 saturated heterocycles. The quantitative estimate of drug-likeness (QED) is 0.769. The van der Waals surface area contributed by atoms with E-state index in [9.17, 15) is 9.59 Å². The van der Waals surface area contributed by atoms with Crippen molar-refractivity contribution in [1.29, 1.82) is 0 Å². The molecule has 1 rings (SSSR count). The number of Topliss-reactive ketones (excluding diaryl/α,β-unsaturated/α-hetero) is 1. The fraction of sp³-hybridized carbons (Fsp3) is 0.400. The smallest absolute Gasteiger partial charge is 0.333 e. The lowest BCUT2D eigenvalue weighted by atomic mass is 10.2. The lowest BCUT2D eigenvalue weighted by molar-refractivity contribution is -0.145. The molecule has 0 amide bonds. The highest BCUT2D eigenvalue weighted by Gasteiger charge is 2.11. The second-order valence-electron chi connectivity index (χ2n) is 3.36. The Balaban J connectivity index is 2.43. The van der Waals surface area contributed by atoms with Crippen LogP contribution in [0.5, 0.6) is 11.8 Å². The molecule has 0 saturated carbocycles. The average molecular weight is 227 g/mol. The van der Waals surface area contributed by atoms with E-state index in [1.165, 1.54) is 19.1 Å². The normalized spacial score (nSPS) is 10.1. The van der Waals surface area contributed by atoms with Crippen molar-refractivity contribution in [3.63, 3.8) is 0 Å². The molecule has 0 atom stereocenters. The van der Waals surface area contributed by atoms with Gasteiger partial charge < -0.3 is 19.8 Å². The number of carbonyl (C=O) groups is 2. The first-order valence-corrected chi connectivity index (χ1v) is 4.81. The van der Waals surface area contributed by atoms with Crippen LogP contribution in [0.25, 0.3) is 0 Å². The maximum Gasteiger partial charge on any atom is 0.333 e. The van der Waals surface area contributed by atoms with E-state index in [-0.39, 0.29) is 24.0 Å². The van der Waals surface area contributed by atoms with Crippen molar-refractivity contribution < 1.29 is 24.6 Å². The number of hydrogen-bond donors (Lipinski definition) is 2. The molecule has 16 heavy (non-hydrogen) atoms. The molecule has 0 bridgehead atoms. The van der Waals surface area contributed by atoms with Crippen LogP contribution in [0.2, 0.25) is 0 Å². The maximum atomic E-state index is 11.2. The Labute approximate surface area is 92.0 Å². The Kier molecular flexibility index (Phi) is 3.93. The van der Waals surface area contributed by atoms with Crippen LogP contribution in [0.4, 0.5) is 0 Å². The number of nitrogens with zero attached hydrogens (tertiary/aromatic N) is 1. The van der Waals surface area contributed by atoms with Crippen LogP contribution in [0.15, 0.2) is 12.1 Å². The lowest BCUT2D eigenvalue weighted by Crippen LogP contribution is -2.18. The monoisotopic (exact) mass is 227 g/mol. The average Bonchev–Trinajstić information content (AvgIpc) is 2.49. The molecular formula is C10H13NO5. The molecule has 0 radical (unpaired) electrons. The third-order valence-electron chi connectivity index (χ3n) is 1.90. The summed E-state index contributed by atoms with van der Waals surface area (Å²) in [5.74, 6) is -1.35. The summed E-state index contributed by atoms with van der Waals surface area (Å²) in [5, 5.41) is 18.3. The van der Waals surface area contributed by atoms with Crippen LogP contribution < -0.4 is 4.84 Å². The summed E-state index contributed by atoms with van der Waals surface area (Å²) in [4.78, 5) is 26.5. The van der Waals surface area contributed by atoms with Gasteiger partial charge in [-0.3, -0.25) is 0 Å². The minimum atomic E-state index is -0.622. The van der Waals surface area contributed by atoms with Gasteiger partial charge in [0.15, 0.2) is 0 Å². The molecule has 0 fully saturated rings. The van der Waals surface area contributed by atoms with Crippen molar-refractivity contribution >= 4 is 11.8 Å². The number of rotatable bonds is 5. The Morgan fingerprint density at radius 1 is 1.25 bits per heavy atom. The third kappa shape index (κ3) is 3.30. The highest BCUT2D eigenvalue weighted by molar-refractivity contribution is 5.76. The Hall–Kier alpha value is -1.98. The van der Waals surface area contributed by atoms with Crippen LogP contribution in [0.1, 0.15) is 26.2 Å². The number of aromatic hydroxyl groups is 2. The SMILES string of the molecule is CC(=O)CCCC(=O)On1c(O)ccc1O. The van der Waals surface area contributed by atoms with Gasteiger partial charge in [-0.1, -0.05) is 0 Å². The number of carbonyl (C=O) groups excluding carboxylic acids is 2. The molecule has 0 aromatic carbocycles. The zero-order chi connectivity index (χ0) is 12.1. The number of hydrogen-bond acceptors (Lipinski definition) is 5. The molecule has 6 nitrogen and oxygen atoms in total. The van der Waals surface area contributed by atoms with E-state index in [0.717, 1.165) is 0 Å². The molecule has 0 unspecified atom stereocenters. The molecule has 0 spiro atoms. The van der Waals surface area contributed by atoms with Gasteiger partial charge in [-0.15, -0.1) is 4.73 Å². The largest absolute Gasteiger partial charge is 0.492 e. The first-order chi connectivity index (χ1) is 7.50.